The summed E-state index contributed by atoms with van der Waals surface area (Å²) in [6.45, 7) is 5.69. The number of primary amides is 1. The van der Waals surface area contributed by atoms with Gasteiger partial charge in [-0.3, -0.25) is 14.4 Å². The molecule has 11 heteroatoms. The molecule has 3 atom stereocenters. The van der Waals surface area contributed by atoms with Crippen LogP contribution < -0.4 is 21.1 Å². The third-order valence-corrected chi connectivity index (χ3v) is 8.56. The molecule has 1 fully saturated rings. The topological polar surface area (TPSA) is 140 Å². The van der Waals surface area contributed by atoms with Crippen molar-refractivity contribution in [2.45, 2.75) is 51.6 Å². The number of amides is 3. The van der Waals surface area contributed by atoms with Crippen LogP contribution in [0.25, 0.3) is 15.8 Å². The number of hydrogen-bond donors (Lipinski definition) is 3. The van der Waals surface area contributed by atoms with Gasteiger partial charge in [0.2, 0.25) is 5.88 Å². The van der Waals surface area contributed by atoms with Crippen molar-refractivity contribution >= 4 is 50.5 Å². The van der Waals surface area contributed by atoms with Gasteiger partial charge in [-0.25, -0.2) is 9.97 Å². The first-order chi connectivity index (χ1) is 19.2. The van der Waals surface area contributed by atoms with Gasteiger partial charge >= 0.3 is 11.8 Å². The molecule has 2 aliphatic rings. The number of likely N-dealkylation sites (tertiary alicyclic amines) is 1. The Hall–Kier alpha value is -3.83. The molecular formula is C29H34N6O4S. The van der Waals surface area contributed by atoms with Gasteiger partial charge in [-0.15, -0.1) is 11.3 Å². The highest BCUT2D eigenvalue weighted by atomic mass is 32.1. The van der Waals surface area contributed by atoms with Crippen LogP contribution in [0, 0.1) is 5.92 Å². The Morgan fingerprint density at radius 1 is 1.20 bits per heavy atom. The highest BCUT2D eigenvalue weighted by Crippen LogP contribution is 2.37. The van der Waals surface area contributed by atoms with Crippen LogP contribution >= 0.6 is 11.3 Å². The first kappa shape index (κ1) is 27.7. The first-order valence-electron chi connectivity index (χ1n) is 13.5. The van der Waals surface area contributed by atoms with Crippen LogP contribution in [-0.2, 0) is 9.59 Å². The number of piperidine rings is 1. The smallest absolute Gasteiger partial charge is 0.313 e. The first-order valence-corrected chi connectivity index (χ1v) is 14.4. The minimum Gasteiger partial charge on any atom is -0.480 e. The van der Waals surface area contributed by atoms with Gasteiger partial charge in [0, 0.05) is 12.6 Å². The molecule has 5 rings (SSSR count). The van der Waals surface area contributed by atoms with E-state index in [9.17, 15) is 14.4 Å². The maximum absolute atomic E-state index is 13.5. The van der Waals surface area contributed by atoms with Crippen molar-refractivity contribution in [2.24, 2.45) is 11.7 Å². The number of ether oxygens (including phenoxy) is 1. The molecule has 1 unspecified atom stereocenters. The SMILES string of the molecule is COc1ncc(NC(=O)C(=O)N2C[C@@H](C)CC[C@@H]2c2ccc3sc(C4=CC(C)NCCC4)nc3c2)cc1C(N)=O. The van der Waals surface area contributed by atoms with E-state index in [2.05, 4.69) is 47.7 Å². The zero-order chi connectivity index (χ0) is 28.4. The van der Waals surface area contributed by atoms with Crippen molar-refractivity contribution in [1.82, 2.24) is 20.2 Å². The van der Waals surface area contributed by atoms with E-state index in [0.717, 1.165) is 53.0 Å². The normalized spacial score (nSPS) is 21.4. The molecule has 210 valence electrons. The molecule has 0 aliphatic carbocycles. The zero-order valence-electron chi connectivity index (χ0n) is 22.9. The Bertz CT molecular complexity index is 1480. The van der Waals surface area contributed by atoms with Gasteiger partial charge in [0.05, 0.1) is 35.3 Å². The number of pyridine rings is 1. The zero-order valence-corrected chi connectivity index (χ0v) is 23.7. The summed E-state index contributed by atoms with van der Waals surface area (Å²) in [7, 11) is 1.37. The van der Waals surface area contributed by atoms with Gasteiger partial charge in [-0.2, -0.15) is 0 Å². The number of hydrogen-bond acceptors (Lipinski definition) is 8. The Kier molecular flexibility index (Phi) is 8.13. The van der Waals surface area contributed by atoms with Gasteiger partial charge in [0.1, 0.15) is 10.6 Å². The molecule has 4 heterocycles. The van der Waals surface area contributed by atoms with Crippen LogP contribution in [0.5, 0.6) is 5.88 Å². The maximum atomic E-state index is 13.5. The summed E-state index contributed by atoms with van der Waals surface area (Å²) in [5.41, 5.74) is 8.74. The largest absolute Gasteiger partial charge is 0.480 e. The lowest BCUT2D eigenvalue weighted by Gasteiger charge is -2.38. The molecule has 3 amide bonds. The van der Waals surface area contributed by atoms with Crippen LogP contribution in [0.15, 0.2) is 36.5 Å². The standard InChI is InChI=1S/C29H34N6O4S/c1-16-6-8-23(18-7-9-24-22(12-18)34-28(40-24)19-5-4-10-31-17(2)11-19)35(15-16)29(38)26(37)33-20-13-21(25(30)36)27(39-3)32-14-20/h7,9,11-14,16-17,23,31H,4-6,8,10,15H2,1-3H3,(H2,30,36)(H,33,37)/t16-,17?,23+/m0/s1. The summed E-state index contributed by atoms with van der Waals surface area (Å²) in [4.78, 5) is 48.9. The number of thiazole rings is 1. The number of nitrogens with two attached hydrogens (primary N) is 1. The molecule has 1 aromatic carbocycles. The van der Waals surface area contributed by atoms with E-state index in [1.54, 1.807) is 16.2 Å². The van der Waals surface area contributed by atoms with Gasteiger partial charge < -0.3 is 26.0 Å². The molecule has 0 radical (unpaired) electrons. The second-order valence-corrected chi connectivity index (χ2v) is 11.6. The van der Waals surface area contributed by atoms with E-state index in [4.69, 9.17) is 15.5 Å². The fourth-order valence-electron chi connectivity index (χ4n) is 5.42. The van der Waals surface area contributed by atoms with Gasteiger partial charge in [-0.1, -0.05) is 19.1 Å². The summed E-state index contributed by atoms with van der Waals surface area (Å²) in [6, 6.07) is 7.58. The van der Waals surface area contributed by atoms with Crippen LogP contribution in [-0.4, -0.2) is 58.8 Å². The minimum atomic E-state index is -0.804. The van der Waals surface area contributed by atoms with Crippen molar-refractivity contribution in [1.29, 1.82) is 0 Å². The van der Waals surface area contributed by atoms with E-state index in [-0.39, 0.29) is 29.1 Å². The van der Waals surface area contributed by atoms with Gasteiger partial charge in [0.25, 0.3) is 5.91 Å². The van der Waals surface area contributed by atoms with E-state index >= 15 is 0 Å². The lowest BCUT2D eigenvalue weighted by Crippen LogP contribution is -2.46. The number of rotatable bonds is 5. The molecule has 40 heavy (non-hydrogen) atoms. The molecule has 10 nitrogen and oxygen atoms in total. The fourth-order valence-corrected chi connectivity index (χ4v) is 6.42. The highest BCUT2D eigenvalue weighted by Gasteiger charge is 2.34. The number of nitrogens with one attached hydrogen (secondary N) is 2. The molecule has 2 aromatic heterocycles. The summed E-state index contributed by atoms with van der Waals surface area (Å²) < 4.78 is 6.15. The fraction of sp³-hybridized carbons (Fsp3) is 0.414. The van der Waals surface area contributed by atoms with Crippen molar-refractivity contribution < 1.29 is 19.1 Å². The Morgan fingerprint density at radius 3 is 2.80 bits per heavy atom. The number of nitrogens with zero attached hydrogens (tertiary/aromatic N) is 3. The van der Waals surface area contributed by atoms with Crippen LogP contribution in [0.1, 0.15) is 66.5 Å². The average molecular weight is 563 g/mol. The summed E-state index contributed by atoms with van der Waals surface area (Å²) in [5, 5.41) is 7.10. The minimum absolute atomic E-state index is 0.0125. The van der Waals surface area contributed by atoms with E-state index < -0.39 is 17.7 Å². The monoisotopic (exact) mass is 562 g/mol. The summed E-state index contributed by atoms with van der Waals surface area (Å²) in [5.74, 6) is -1.90. The second-order valence-electron chi connectivity index (χ2n) is 10.5. The predicted octanol–water partition coefficient (Wildman–Crippen LogP) is 3.89. The third-order valence-electron chi connectivity index (χ3n) is 7.45. The molecule has 1 saturated heterocycles. The quantitative estimate of drug-likeness (QED) is 0.401. The Morgan fingerprint density at radius 2 is 2.02 bits per heavy atom. The number of carbonyl (C=O) groups excluding carboxylic acids is 3. The van der Waals surface area contributed by atoms with Crippen LogP contribution in [0.4, 0.5) is 5.69 Å². The van der Waals surface area contributed by atoms with Crippen molar-refractivity contribution in [2.75, 3.05) is 25.5 Å². The Labute approximate surface area is 237 Å². The number of carbonyl (C=O) groups is 3. The molecule has 2 aliphatic heterocycles. The number of fused-ring (bicyclic) bond motifs is 1. The van der Waals surface area contributed by atoms with Crippen molar-refractivity contribution in [3.8, 4) is 5.88 Å². The number of methoxy groups -OCH3 is 1. The number of anilines is 1. The van der Waals surface area contributed by atoms with Crippen LogP contribution in [0.3, 0.4) is 0 Å². The number of benzene rings is 1. The molecule has 0 saturated carbocycles. The van der Waals surface area contributed by atoms with Gasteiger partial charge in [-0.05, 0) is 74.4 Å². The van der Waals surface area contributed by atoms with Crippen LogP contribution in [0.2, 0.25) is 0 Å². The molecule has 3 aromatic rings. The van der Waals surface area contributed by atoms with E-state index in [1.165, 1.54) is 24.9 Å². The van der Waals surface area contributed by atoms with E-state index in [0.29, 0.717) is 12.6 Å². The van der Waals surface area contributed by atoms with Gasteiger partial charge in [0.15, 0.2) is 0 Å². The number of aromatic nitrogens is 2. The van der Waals surface area contributed by atoms with Crippen molar-refractivity contribution in [3.63, 3.8) is 0 Å². The van der Waals surface area contributed by atoms with E-state index in [1.807, 2.05) is 6.07 Å². The summed E-state index contributed by atoms with van der Waals surface area (Å²) in [6.07, 6.45) is 7.34. The Balaban J connectivity index is 1.38. The molecule has 4 N–H and O–H groups in total. The molecular weight excluding hydrogens is 528 g/mol. The van der Waals surface area contributed by atoms with Crippen molar-refractivity contribution in [3.05, 3.63) is 52.7 Å². The highest BCUT2D eigenvalue weighted by molar-refractivity contribution is 7.19. The molecule has 0 bridgehead atoms. The lowest BCUT2D eigenvalue weighted by atomic mass is 9.89. The maximum Gasteiger partial charge on any atom is 0.313 e. The average Bonchev–Trinajstić information content (AvgIpc) is 3.25. The number of allylic oxidation sites excluding steroid dienone is 1. The summed E-state index contributed by atoms with van der Waals surface area (Å²) >= 11 is 1.69. The third kappa shape index (κ3) is 5.85. The second kappa shape index (κ2) is 11.7. The molecule has 0 spiro atoms. The predicted molar refractivity (Wildman–Crippen MR) is 155 cm³/mol. The lowest BCUT2D eigenvalue weighted by molar-refractivity contribution is -0.146.